The molecule has 1 atom stereocenters. The molecule has 0 radical (unpaired) electrons. The molecule has 3 heterocycles. The maximum absolute atomic E-state index is 12.9. The van der Waals surface area contributed by atoms with Gasteiger partial charge in [-0.2, -0.15) is 0 Å². The van der Waals surface area contributed by atoms with Crippen molar-refractivity contribution in [3.05, 3.63) is 36.7 Å². The van der Waals surface area contributed by atoms with Gasteiger partial charge in [-0.15, -0.1) is 0 Å². The van der Waals surface area contributed by atoms with E-state index in [4.69, 9.17) is 0 Å². The number of carbonyl (C=O) groups excluding carboxylic acids is 1. The van der Waals surface area contributed by atoms with Crippen LogP contribution in [0.2, 0.25) is 0 Å². The fraction of sp³-hybridized carbons (Fsp3) is 0.350. The quantitative estimate of drug-likeness (QED) is 0.626. The predicted octanol–water partition coefficient (Wildman–Crippen LogP) is 2.69. The van der Waals surface area contributed by atoms with Crippen LogP contribution in [0.15, 0.2) is 41.6 Å². The number of carbonyl (C=O) groups is 1. The first-order valence-corrected chi connectivity index (χ1v) is 11.9. The molecule has 0 bridgehead atoms. The van der Waals surface area contributed by atoms with Crippen molar-refractivity contribution in [2.24, 2.45) is 0 Å². The Morgan fingerprint density at radius 1 is 1.23 bits per heavy atom. The van der Waals surface area contributed by atoms with Crippen molar-refractivity contribution in [3.8, 4) is 11.1 Å². The number of amides is 1. The van der Waals surface area contributed by atoms with Crippen LogP contribution in [0.3, 0.4) is 0 Å². The van der Waals surface area contributed by atoms with Crippen molar-refractivity contribution in [1.29, 1.82) is 0 Å². The predicted molar refractivity (Wildman–Crippen MR) is 118 cm³/mol. The molecule has 2 N–H and O–H groups in total. The van der Waals surface area contributed by atoms with Crippen LogP contribution < -0.4 is 10.0 Å². The normalized spacial score (nSPS) is 17.9. The van der Waals surface area contributed by atoms with Gasteiger partial charge in [-0.25, -0.2) is 18.1 Å². The second-order valence-corrected chi connectivity index (χ2v) is 10.3. The molecule has 1 aromatic carbocycles. The Balaban J connectivity index is 1.60. The summed E-state index contributed by atoms with van der Waals surface area (Å²) in [6.07, 6.45) is 4.81. The molecule has 0 saturated carbocycles. The third-order valence-electron chi connectivity index (χ3n) is 4.97. The third-order valence-corrected chi connectivity index (χ3v) is 7.40. The van der Waals surface area contributed by atoms with E-state index in [2.05, 4.69) is 24.9 Å². The molecule has 1 amide bonds. The Labute approximate surface area is 179 Å². The Morgan fingerprint density at radius 2 is 2.07 bits per heavy atom. The fourth-order valence-corrected chi connectivity index (χ4v) is 5.78. The van der Waals surface area contributed by atoms with Gasteiger partial charge in [0.05, 0.1) is 10.2 Å². The lowest BCUT2D eigenvalue weighted by molar-refractivity contribution is -0.114. The number of pyridine rings is 1. The zero-order valence-corrected chi connectivity index (χ0v) is 18.4. The summed E-state index contributed by atoms with van der Waals surface area (Å²) in [5.41, 5.74) is 2.31. The van der Waals surface area contributed by atoms with Gasteiger partial charge in [0.2, 0.25) is 15.9 Å². The van der Waals surface area contributed by atoms with Crippen LogP contribution in [-0.2, 0) is 14.8 Å². The van der Waals surface area contributed by atoms with E-state index in [0.717, 1.165) is 35.2 Å². The molecule has 0 spiro atoms. The highest BCUT2D eigenvalue weighted by atomic mass is 32.2. The first-order chi connectivity index (χ1) is 14.3. The SMILES string of the molecule is CC(=O)Nc1nc2ccc(-c3cncc(S(=O)(=O)NC4CCCN(C)C4)c3)cc2s1. The Bertz CT molecular complexity index is 1190. The number of likely N-dealkylation sites (tertiary alicyclic amines) is 1. The maximum atomic E-state index is 12.9. The number of hydrogen-bond acceptors (Lipinski definition) is 7. The van der Waals surface area contributed by atoms with Crippen molar-refractivity contribution in [2.75, 3.05) is 25.5 Å². The first-order valence-electron chi connectivity index (χ1n) is 9.65. The standard InChI is InChI=1S/C20H23N5O3S2/c1-13(26)22-20-23-18-6-5-14(9-19(18)29-20)15-8-17(11-21-10-15)30(27,28)24-16-4-3-7-25(2)12-16/h5-6,8-11,16,24H,3-4,7,12H2,1-2H3,(H,22,23,26). The highest BCUT2D eigenvalue weighted by Gasteiger charge is 2.24. The lowest BCUT2D eigenvalue weighted by Crippen LogP contribution is -2.46. The number of piperidine rings is 1. The van der Waals surface area contributed by atoms with E-state index in [0.29, 0.717) is 17.2 Å². The molecule has 1 unspecified atom stereocenters. The molecule has 0 aliphatic carbocycles. The summed E-state index contributed by atoms with van der Waals surface area (Å²) in [6, 6.07) is 7.19. The van der Waals surface area contributed by atoms with Crippen molar-refractivity contribution in [1.82, 2.24) is 19.6 Å². The lowest BCUT2D eigenvalue weighted by Gasteiger charge is -2.29. The van der Waals surface area contributed by atoms with Crippen LogP contribution in [0.25, 0.3) is 21.3 Å². The second-order valence-electron chi connectivity index (χ2n) is 7.51. The van der Waals surface area contributed by atoms with Gasteiger partial charge in [0.25, 0.3) is 0 Å². The number of anilines is 1. The molecule has 2 aromatic heterocycles. The van der Waals surface area contributed by atoms with Crippen molar-refractivity contribution < 1.29 is 13.2 Å². The van der Waals surface area contributed by atoms with Gasteiger partial charge in [0.1, 0.15) is 4.90 Å². The van der Waals surface area contributed by atoms with E-state index in [1.807, 2.05) is 25.2 Å². The average Bonchev–Trinajstić information content (AvgIpc) is 3.08. The Morgan fingerprint density at radius 3 is 2.83 bits per heavy atom. The van der Waals surface area contributed by atoms with Crippen LogP contribution in [0.4, 0.5) is 5.13 Å². The summed E-state index contributed by atoms with van der Waals surface area (Å²) in [7, 11) is -1.67. The van der Waals surface area contributed by atoms with E-state index < -0.39 is 10.0 Å². The van der Waals surface area contributed by atoms with Gasteiger partial charge in [0.15, 0.2) is 5.13 Å². The number of fused-ring (bicyclic) bond motifs is 1. The van der Waals surface area contributed by atoms with E-state index >= 15 is 0 Å². The number of aromatic nitrogens is 2. The lowest BCUT2D eigenvalue weighted by atomic mass is 10.1. The largest absolute Gasteiger partial charge is 0.305 e. The minimum absolute atomic E-state index is 0.0989. The summed E-state index contributed by atoms with van der Waals surface area (Å²) in [6.45, 7) is 3.12. The van der Waals surface area contributed by atoms with E-state index in [1.54, 1.807) is 12.3 Å². The van der Waals surface area contributed by atoms with Gasteiger partial charge in [-0.05, 0) is 50.2 Å². The number of likely N-dealkylation sites (N-methyl/N-ethyl adjacent to an activating group) is 1. The monoisotopic (exact) mass is 445 g/mol. The fourth-order valence-electron chi connectivity index (χ4n) is 3.58. The molecule has 1 aliphatic heterocycles. The smallest absolute Gasteiger partial charge is 0.242 e. The summed E-state index contributed by atoms with van der Waals surface area (Å²) < 4.78 is 29.5. The number of thiazole rings is 1. The Kier molecular flexibility index (Phi) is 5.83. The molecular formula is C20H23N5O3S2. The van der Waals surface area contributed by atoms with Gasteiger partial charge < -0.3 is 10.2 Å². The summed E-state index contributed by atoms with van der Waals surface area (Å²) in [5.74, 6) is -0.173. The maximum Gasteiger partial charge on any atom is 0.242 e. The highest BCUT2D eigenvalue weighted by Crippen LogP contribution is 2.31. The van der Waals surface area contributed by atoms with Crippen LogP contribution in [-0.4, -0.2) is 55.4 Å². The second kappa shape index (κ2) is 8.38. The number of hydrogen-bond donors (Lipinski definition) is 2. The highest BCUT2D eigenvalue weighted by molar-refractivity contribution is 7.89. The molecule has 10 heteroatoms. The molecule has 1 aliphatic rings. The molecule has 8 nitrogen and oxygen atoms in total. The zero-order valence-electron chi connectivity index (χ0n) is 16.8. The molecule has 1 saturated heterocycles. The van der Waals surface area contributed by atoms with Gasteiger partial charge >= 0.3 is 0 Å². The van der Waals surface area contributed by atoms with Crippen molar-refractivity contribution in [3.63, 3.8) is 0 Å². The van der Waals surface area contributed by atoms with E-state index in [1.165, 1.54) is 24.5 Å². The van der Waals surface area contributed by atoms with Crippen LogP contribution in [0.1, 0.15) is 19.8 Å². The minimum Gasteiger partial charge on any atom is -0.305 e. The molecule has 30 heavy (non-hydrogen) atoms. The minimum atomic E-state index is -3.66. The van der Waals surface area contributed by atoms with Crippen molar-refractivity contribution >= 4 is 42.6 Å². The van der Waals surface area contributed by atoms with Crippen LogP contribution >= 0.6 is 11.3 Å². The van der Waals surface area contributed by atoms with Gasteiger partial charge in [0, 0.05) is 37.5 Å². The zero-order chi connectivity index (χ0) is 21.3. The van der Waals surface area contributed by atoms with E-state index in [9.17, 15) is 13.2 Å². The molecule has 4 rings (SSSR count). The summed E-state index contributed by atoms with van der Waals surface area (Å²) in [4.78, 5) is 22.1. The molecule has 1 fully saturated rings. The van der Waals surface area contributed by atoms with E-state index in [-0.39, 0.29) is 16.8 Å². The van der Waals surface area contributed by atoms with Gasteiger partial charge in [-0.1, -0.05) is 17.4 Å². The summed E-state index contributed by atoms with van der Waals surface area (Å²) in [5, 5.41) is 3.22. The Hall–Kier alpha value is -2.40. The summed E-state index contributed by atoms with van der Waals surface area (Å²) >= 11 is 1.37. The number of rotatable bonds is 5. The number of nitrogens with zero attached hydrogens (tertiary/aromatic N) is 3. The topological polar surface area (TPSA) is 104 Å². The van der Waals surface area contributed by atoms with Crippen molar-refractivity contribution in [2.45, 2.75) is 30.7 Å². The molecule has 3 aromatic rings. The molecular weight excluding hydrogens is 422 g/mol. The first kappa shape index (κ1) is 20.9. The van der Waals surface area contributed by atoms with Crippen LogP contribution in [0, 0.1) is 0 Å². The molecule has 158 valence electrons. The van der Waals surface area contributed by atoms with Gasteiger partial charge in [-0.3, -0.25) is 9.78 Å². The number of nitrogens with one attached hydrogen (secondary N) is 2. The average molecular weight is 446 g/mol. The number of sulfonamides is 1. The van der Waals surface area contributed by atoms with Crippen LogP contribution in [0.5, 0.6) is 0 Å². The third kappa shape index (κ3) is 4.67. The number of benzene rings is 1.